The molecular weight excluding hydrogens is 339 g/mol. The number of hydrogen-bond donors (Lipinski definition) is 1. The number of benzene rings is 2. The predicted octanol–water partition coefficient (Wildman–Crippen LogP) is 5.89. The first-order valence-electron chi connectivity index (χ1n) is 6.80. The average molecular weight is 357 g/mol. The summed E-state index contributed by atoms with van der Waals surface area (Å²) in [4.78, 5) is 0. The van der Waals surface area contributed by atoms with Crippen LogP contribution in [-0.2, 0) is 6.54 Å². The molecule has 0 aliphatic rings. The van der Waals surface area contributed by atoms with Gasteiger partial charge in [0.2, 0.25) is 0 Å². The predicted molar refractivity (Wildman–Crippen MR) is 80.5 cm³/mol. The second kappa shape index (κ2) is 6.49. The summed E-state index contributed by atoms with van der Waals surface area (Å²) in [6.45, 7) is 3.29. The molecule has 0 saturated carbocycles. The van der Waals surface area contributed by atoms with Crippen LogP contribution in [-0.4, -0.2) is 0 Å². The van der Waals surface area contributed by atoms with Gasteiger partial charge in [-0.1, -0.05) is 60.7 Å². The minimum atomic E-state index is -10.7. The molecule has 0 fully saturated rings. The van der Waals surface area contributed by atoms with Gasteiger partial charge in [-0.05, 0) is 6.92 Å². The Morgan fingerprint density at radius 3 is 1.61 bits per heavy atom. The van der Waals surface area contributed by atoms with Gasteiger partial charge in [-0.25, -0.2) is 0 Å². The first kappa shape index (κ1) is 19.5. The van der Waals surface area contributed by atoms with E-state index in [0.29, 0.717) is 6.04 Å². The van der Waals surface area contributed by atoms with Crippen molar-refractivity contribution in [2.45, 2.75) is 19.5 Å². The second-order valence-corrected chi connectivity index (χ2v) is 7.00. The first-order chi connectivity index (χ1) is 10.3. The van der Waals surface area contributed by atoms with Gasteiger partial charge < -0.3 is 5.32 Å². The molecular formula is C15H18F6NP. The van der Waals surface area contributed by atoms with E-state index in [4.69, 9.17) is 0 Å². The van der Waals surface area contributed by atoms with Gasteiger partial charge in [0.1, 0.15) is 12.6 Å². The molecule has 0 spiro atoms. The van der Waals surface area contributed by atoms with Crippen molar-refractivity contribution in [2.75, 3.05) is 0 Å². The van der Waals surface area contributed by atoms with Crippen LogP contribution < -0.4 is 5.32 Å². The van der Waals surface area contributed by atoms with Gasteiger partial charge in [-0.2, -0.15) is 0 Å². The number of rotatable bonds is 4. The van der Waals surface area contributed by atoms with E-state index in [1.54, 1.807) is 0 Å². The summed E-state index contributed by atoms with van der Waals surface area (Å²) >= 11 is 0. The molecule has 0 bridgehead atoms. The summed E-state index contributed by atoms with van der Waals surface area (Å²) < 4.78 is 59.2. The van der Waals surface area contributed by atoms with Crippen LogP contribution in [0.2, 0.25) is 0 Å². The van der Waals surface area contributed by atoms with Crippen molar-refractivity contribution in [3.05, 3.63) is 71.8 Å². The number of quaternary nitrogens is 1. The van der Waals surface area contributed by atoms with Gasteiger partial charge in [-0.3, -0.25) is 0 Å². The molecule has 1 nitrogen and oxygen atoms in total. The molecule has 0 aromatic heterocycles. The standard InChI is InChI=1S/C15H17N.F6P/c1-13(15-10-6-3-7-11-15)16-12-14-8-4-2-5-9-14;1-7(2,3,4,5)6/h2-11,13,16H,12H2,1H3;/q;-1/p+1/t13-;/m1./s1. The van der Waals surface area contributed by atoms with E-state index in [1.807, 2.05) is 0 Å². The Morgan fingerprint density at radius 1 is 0.783 bits per heavy atom. The van der Waals surface area contributed by atoms with E-state index >= 15 is 0 Å². The SMILES string of the molecule is C[C@@H]([NH2+]Cc1ccccc1)c1ccccc1.F[P-](F)(F)(F)(F)F. The van der Waals surface area contributed by atoms with Crippen LogP contribution in [0.15, 0.2) is 60.7 Å². The fraction of sp³-hybridized carbons (Fsp3) is 0.200. The van der Waals surface area contributed by atoms with Crippen LogP contribution in [0.5, 0.6) is 0 Å². The Bertz CT molecular complexity index is 586. The number of nitrogens with two attached hydrogens (primary N) is 1. The molecule has 2 aromatic rings. The molecule has 2 rings (SSSR count). The molecule has 0 amide bonds. The summed E-state index contributed by atoms with van der Waals surface area (Å²) in [5.74, 6) is 0. The Hall–Kier alpha value is -1.59. The fourth-order valence-corrected chi connectivity index (χ4v) is 1.82. The van der Waals surface area contributed by atoms with Crippen LogP contribution in [0, 0.1) is 0 Å². The van der Waals surface area contributed by atoms with Gasteiger partial charge in [0.25, 0.3) is 0 Å². The Labute approximate surface area is 130 Å². The zero-order valence-corrected chi connectivity index (χ0v) is 13.2. The number of hydrogen-bond acceptors (Lipinski definition) is 0. The van der Waals surface area contributed by atoms with Gasteiger partial charge in [0.05, 0.1) is 0 Å². The third kappa shape index (κ3) is 12.6. The molecule has 1 atom stereocenters. The van der Waals surface area contributed by atoms with E-state index in [-0.39, 0.29) is 0 Å². The van der Waals surface area contributed by atoms with E-state index < -0.39 is 7.81 Å². The van der Waals surface area contributed by atoms with Gasteiger partial charge in [0, 0.05) is 11.1 Å². The fourth-order valence-electron chi connectivity index (χ4n) is 1.82. The van der Waals surface area contributed by atoms with Crippen molar-refractivity contribution < 1.29 is 30.5 Å². The molecule has 0 aliphatic carbocycles. The molecule has 130 valence electrons. The summed E-state index contributed by atoms with van der Waals surface area (Å²) in [6.07, 6.45) is 0. The molecule has 0 radical (unpaired) electrons. The van der Waals surface area contributed by atoms with Crippen LogP contribution in [0.25, 0.3) is 0 Å². The number of halogens is 6. The third-order valence-corrected chi connectivity index (χ3v) is 2.88. The van der Waals surface area contributed by atoms with Crippen LogP contribution in [0.4, 0.5) is 25.2 Å². The monoisotopic (exact) mass is 357 g/mol. The average Bonchev–Trinajstić information content (AvgIpc) is 2.43. The van der Waals surface area contributed by atoms with Crippen molar-refractivity contribution in [2.24, 2.45) is 0 Å². The van der Waals surface area contributed by atoms with E-state index in [2.05, 4.69) is 72.9 Å². The van der Waals surface area contributed by atoms with Crippen molar-refractivity contribution in [1.29, 1.82) is 0 Å². The maximum absolute atomic E-state index is 10.7. The van der Waals surface area contributed by atoms with Gasteiger partial charge in [-0.15, -0.1) is 0 Å². The quantitative estimate of drug-likeness (QED) is 0.519. The Balaban J connectivity index is 0.000000322. The summed E-state index contributed by atoms with van der Waals surface area (Å²) in [7, 11) is -10.7. The first-order valence-corrected chi connectivity index (χ1v) is 8.83. The summed E-state index contributed by atoms with van der Waals surface area (Å²) in [6, 6.07) is 21.7. The second-order valence-electron chi connectivity index (χ2n) is 5.08. The normalized spacial score (nSPS) is 15.6. The molecule has 2 aromatic carbocycles. The third-order valence-electron chi connectivity index (χ3n) is 2.88. The van der Waals surface area contributed by atoms with E-state index in [1.165, 1.54) is 11.1 Å². The summed E-state index contributed by atoms with van der Waals surface area (Å²) in [5.41, 5.74) is 2.77. The van der Waals surface area contributed by atoms with Crippen LogP contribution in [0.1, 0.15) is 24.1 Å². The van der Waals surface area contributed by atoms with Gasteiger partial charge in [0.15, 0.2) is 0 Å². The van der Waals surface area contributed by atoms with Crippen molar-refractivity contribution in [3.8, 4) is 0 Å². The minimum absolute atomic E-state index is 0.515. The van der Waals surface area contributed by atoms with Crippen LogP contribution in [0.3, 0.4) is 0 Å². The van der Waals surface area contributed by atoms with Crippen molar-refractivity contribution in [3.63, 3.8) is 0 Å². The molecule has 8 heteroatoms. The zero-order chi connectivity index (χ0) is 17.6. The molecule has 0 saturated heterocycles. The molecule has 23 heavy (non-hydrogen) atoms. The zero-order valence-electron chi connectivity index (χ0n) is 12.4. The molecule has 2 N–H and O–H groups in total. The van der Waals surface area contributed by atoms with Crippen molar-refractivity contribution in [1.82, 2.24) is 0 Å². The van der Waals surface area contributed by atoms with E-state index in [9.17, 15) is 25.2 Å². The summed E-state index contributed by atoms with van der Waals surface area (Å²) in [5, 5.41) is 2.37. The Morgan fingerprint density at radius 2 is 1.17 bits per heavy atom. The topological polar surface area (TPSA) is 16.6 Å². The van der Waals surface area contributed by atoms with Gasteiger partial charge >= 0.3 is 33.0 Å². The maximum atomic E-state index is 9.87. The molecule has 0 unspecified atom stereocenters. The molecule has 0 aliphatic heterocycles. The van der Waals surface area contributed by atoms with Crippen LogP contribution >= 0.6 is 7.81 Å². The Kier molecular flexibility index (Phi) is 5.49. The van der Waals surface area contributed by atoms with E-state index in [0.717, 1.165) is 6.54 Å². The molecule has 0 heterocycles. The van der Waals surface area contributed by atoms with Crippen molar-refractivity contribution >= 4 is 7.81 Å².